The van der Waals surface area contributed by atoms with Crippen LogP contribution >= 0.6 is 34.5 Å². The van der Waals surface area contributed by atoms with E-state index in [1.807, 2.05) is 6.07 Å². The van der Waals surface area contributed by atoms with Gasteiger partial charge in [0.25, 0.3) is 11.8 Å². The van der Waals surface area contributed by atoms with Crippen molar-refractivity contribution in [1.29, 1.82) is 0 Å². The van der Waals surface area contributed by atoms with Crippen LogP contribution < -0.4 is 15.4 Å². The lowest BCUT2D eigenvalue weighted by Crippen LogP contribution is -2.21. The van der Waals surface area contributed by atoms with Gasteiger partial charge in [-0.25, -0.2) is 4.79 Å². The maximum Gasteiger partial charge on any atom is 0.341 e. The van der Waals surface area contributed by atoms with Crippen molar-refractivity contribution in [2.75, 3.05) is 24.4 Å². The van der Waals surface area contributed by atoms with Crippen molar-refractivity contribution >= 4 is 63.0 Å². The largest absolute Gasteiger partial charge is 0.484 e. The summed E-state index contributed by atoms with van der Waals surface area (Å²) in [5.41, 5.74) is 0.767. The Labute approximate surface area is 198 Å². The van der Waals surface area contributed by atoms with Crippen LogP contribution in [0.4, 0.5) is 10.7 Å². The van der Waals surface area contributed by atoms with Gasteiger partial charge in [0, 0.05) is 0 Å². The Morgan fingerprint density at radius 1 is 1.00 bits per heavy atom. The predicted molar refractivity (Wildman–Crippen MR) is 125 cm³/mol. The minimum Gasteiger partial charge on any atom is -0.484 e. The molecular formula is C22H18Cl2N2O5S. The molecule has 1 heterocycles. The number of benzene rings is 2. The molecule has 7 nitrogen and oxygen atoms in total. The first kappa shape index (κ1) is 23.6. The first-order chi connectivity index (χ1) is 15.3. The molecule has 32 heavy (non-hydrogen) atoms. The molecule has 0 spiro atoms. The first-order valence-corrected chi connectivity index (χ1v) is 10.8. The zero-order valence-electron chi connectivity index (χ0n) is 17.0. The molecule has 10 heteroatoms. The van der Waals surface area contributed by atoms with Crippen LogP contribution in [0.2, 0.25) is 10.0 Å². The molecule has 0 aliphatic carbocycles. The molecule has 2 N–H and O–H groups in total. The fourth-order valence-electron chi connectivity index (χ4n) is 2.77. The van der Waals surface area contributed by atoms with Crippen molar-refractivity contribution in [2.45, 2.75) is 6.92 Å². The summed E-state index contributed by atoms with van der Waals surface area (Å²) in [5, 5.41) is 5.95. The Morgan fingerprint density at radius 3 is 2.41 bits per heavy atom. The number of methoxy groups -OCH3 is 1. The number of thiophene rings is 1. The van der Waals surface area contributed by atoms with Gasteiger partial charge in [-0.05, 0) is 36.8 Å². The number of nitrogens with one attached hydrogen (secondary N) is 2. The topological polar surface area (TPSA) is 93.7 Å². The summed E-state index contributed by atoms with van der Waals surface area (Å²) < 4.78 is 10.3. The van der Waals surface area contributed by atoms with Gasteiger partial charge in [-0.2, -0.15) is 0 Å². The third-order valence-corrected chi connectivity index (χ3v) is 6.33. The van der Waals surface area contributed by atoms with Gasteiger partial charge in [-0.3, -0.25) is 9.59 Å². The number of hydrogen-bond donors (Lipinski definition) is 2. The number of hydrogen-bond acceptors (Lipinski definition) is 6. The summed E-state index contributed by atoms with van der Waals surface area (Å²) in [4.78, 5) is 37.8. The summed E-state index contributed by atoms with van der Waals surface area (Å²) in [5.74, 6) is -1.16. The highest BCUT2D eigenvalue weighted by Gasteiger charge is 2.27. The van der Waals surface area contributed by atoms with E-state index in [9.17, 15) is 14.4 Å². The zero-order valence-corrected chi connectivity index (χ0v) is 19.4. The van der Waals surface area contributed by atoms with E-state index in [-0.39, 0.29) is 32.1 Å². The van der Waals surface area contributed by atoms with Crippen molar-refractivity contribution in [3.05, 3.63) is 74.6 Å². The van der Waals surface area contributed by atoms with Crippen LogP contribution in [0.5, 0.6) is 5.75 Å². The molecule has 0 aliphatic heterocycles. The molecule has 0 fully saturated rings. The molecule has 0 saturated heterocycles. The molecule has 0 saturated carbocycles. The van der Waals surface area contributed by atoms with Crippen molar-refractivity contribution in [1.82, 2.24) is 0 Å². The van der Waals surface area contributed by atoms with Crippen LogP contribution in [0.15, 0.2) is 48.5 Å². The molecule has 0 unspecified atom stereocenters. The summed E-state index contributed by atoms with van der Waals surface area (Å²) >= 11 is 13.1. The Bertz CT molecular complexity index is 1160. The molecule has 3 aromatic rings. The molecule has 2 amide bonds. The van der Waals surface area contributed by atoms with Crippen LogP contribution in [0.1, 0.15) is 25.6 Å². The number of carbonyl (C=O) groups is 3. The number of amides is 2. The van der Waals surface area contributed by atoms with Crippen molar-refractivity contribution < 1.29 is 23.9 Å². The van der Waals surface area contributed by atoms with Crippen molar-refractivity contribution in [2.24, 2.45) is 0 Å². The van der Waals surface area contributed by atoms with Crippen LogP contribution in [-0.4, -0.2) is 31.5 Å². The standard InChI is InChI=1S/C22H18Cl2N2O5S/c1-12-17(22(29)30-2)21(26-16(27)11-31-13-7-4-3-5-8-13)32-19(12)20(28)25-15-10-6-9-14(23)18(15)24/h3-10H,11H2,1-2H3,(H,25,28)(H,26,27). The Morgan fingerprint density at radius 2 is 1.72 bits per heavy atom. The van der Waals surface area contributed by atoms with Crippen molar-refractivity contribution in [3.8, 4) is 5.75 Å². The number of para-hydroxylation sites is 1. The van der Waals surface area contributed by atoms with Gasteiger partial charge < -0.3 is 20.1 Å². The minimum absolute atomic E-state index is 0.0907. The number of carbonyl (C=O) groups excluding carboxylic acids is 3. The number of rotatable bonds is 7. The van der Waals surface area contributed by atoms with E-state index < -0.39 is 17.8 Å². The minimum atomic E-state index is -0.683. The van der Waals surface area contributed by atoms with Crippen LogP contribution in [-0.2, 0) is 9.53 Å². The predicted octanol–water partition coefficient (Wildman–Crippen LogP) is 5.42. The van der Waals surface area contributed by atoms with E-state index in [0.29, 0.717) is 17.0 Å². The van der Waals surface area contributed by atoms with E-state index in [1.54, 1.807) is 49.4 Å². The molecule has 2 aromatic carbocycles. The summed E-state index contributed by atoms with van der Waals surface area (Å²) in [6.07, 6.45) is 0. The smallest absolute Gasteiger partial charge is 0.341 e. The maximum absolute atomic E-state index is 12.9. The fourth-order valence-corrected chi connectivity index (χ4v) is 4.23. The molecular weight excluding hydrogens is 475 g/mol. The Kier molecular flexibility index (Phi) is 7.74. The molecule has 1 aromatic heterocycles. The lowest BCUT2D eigenvalue weighted by atomic mass is 10.1. The van der Waals surface area contributed by atoms with E-state index in [4.69, 9.17) is 32.7 Å². The van der Waals surface area contributed by atoms with Gasteiger partial charge in [-0.1, -0.05) is 47.5 Å². The Balaban J connectivity index is 1.82. The van der Waals surface area contributed by atoms with Gasteiger partial charge >= 0.3 is 5.97 Å². The van der Waals surface area contributed by atoms with E-state index in [1.165, 1.54) is 7.11 Å². The second kappa shape index (κ2) is 10.5. The number of halogens is 2. The maximum atomic E-state index is 12.9. The molecule has 0 aliphatic rings. The van der Waals surface area contributed by atoms with Gasteiger partial charge in [0.05, 0.1) is 33.3 Å². The van der Waals surface area contributed by atoms with Crippen LogP contribution in [0, 0.1) is 6.92 Å². The average Bonchev–Trinajstić information content (AvgIpc) is 3.11. The summed E-state index contributed by atoms with van der Waals surface area (Å²) in [6, 6.07) is 13.6. The average molecular weight is 493 g/mol. The third-order valence-electron chi connectivity index (χ3n) is 4.31. The molecule has 0 radical (unpaired) electrons. The van der Waals surface area contributed by atoms with E-state index in [2.05, 4.69) is 10.6 Å². The molecule has 3 rings (SSSR count). The highest BCUT2D eigenvalue weighted by atomic mass is 35.5. The van der Waals surface area contributed by atoms with Crippen LogP contribution in [0.3, 0.4) is 0 Å². The van der Waals surface area contributed by atoms with E-state index >= 15 is 0 Å². The van der Waals surface area contributed by atoms with E-state index in [0.717, 1.165) is 11.3 Å². The quantitative estimate of drug-likeness (QED) is 0.429. The highest BCUT2D eigenvalue weighted by Crippen LogP contribution is 2.35. The number of esters is 1. The number of anilines is 2. The SMILES string of the molecule is COC(=O)c1c(NC(=O)COc2ccccc2)sc(C(=O)Nc2cccc(Cl)c2Cl)c1C. The molecule has 0 atom stereocenters. The lowest BCUT2D eigenvalue weighted by Gasteiger charge is -2.08. The number of ether oxygens (including phenoxy) is 2. The van der Waals surface area contributed by atoms with Crippen molar-refractivity contribution in [3.63, 3.8) is 0 Å². The summed E-state index contributed by atoms with van der Waals surface area (Å²) in [7, 11) is 1.22. The van der Waals surface area contributed by atoms with Gasteiger partial charge in [0.2, 0.25) is 0 Å². The molecule has 0 bridgehead atoms. The Hall–Kier alpha value is -3.07. The molecule has 166 valence electrons. The first-order valence-electron chi connectivity index (χ1n) is 9.26. The lowest BCUT2D eigenvalue weighted by molar-refractivity contribution is -0.118. The zero-order chi connectivity index (χ0) is 23.3. The third kappa shape index (κ3) is 5.40. The second-order valence-corrected chi connectivity index (χ2v) is 8.26. The van der Waals surface area contributed by atoms with Gasteiger partial charge in [0.15, 0.2) is 6.61 Å². The fraction of sp³-hybridized carbons (Fsp3) is 0.136. The monoisotopic (exact) mass is 492 g/mol. The van der Waals surface area contributed by atoms with Gasteiger partial charge in [0.1, 0.15) is 10.8 Å². The highest BCUT2D eigenvalue weighted by molar-refractivity contribution is 7.19. The van der Waals surface area contributed by atoms with Crippen LogP contribution in [0.25, 0.3) is 0 Å². The summed E-state index contributed by atoms with van der Waals surface area (Å²) in [6.45, 7) is 1.31. The normalized spacial score (nSPS) is 10.4. The van der Waals surface area contributed by atoms with Gasteiger partial charge in [-0.15, -0.1) is 11.3 Å². The second-order valence-electron chi connectivity index (χ2n) is 6.46.